The van der Waals surface area contributed by atoms with Gasteiger partial charge in [-0.25, -0.2) is 0 Å². The van der Waals surface area contributed by atoms with Crippen LogP contribution in [0.2, 0.25) is 0 Å². The number of Topliss-reactive ketones (excluding diaryl/α,β-unsaturated/α-hetero) is 1. The molecule has 72 valence electrons. The van der Waals surface area contributed by atoms with Crippen molar-refractivity contribution in [3.63, 3.8) is 0 Å². The van der Waals surface area contributed by atoms with Gasteiger partial charge in [-0.05, 0) is 37.5 Å². The van der Waals surface area contributed by atoms with Gasteiger partial charge in [0.25, 0.3) is 0 Å². The maximum atomic E-state index is 11.1. The summed E-state index contributed by atoms with van der Waals surface area (Å²) in [6.45, 7) is 1.61. The first kappa shape index (κ1) is 9.41. The predicted molar refractivity (Wildman–Crippen MR) is 60.7 cm³/mol. The molecule has 0 atom stereocenters. The Balaban J connectivity index is 2.28. The van der Waals surface area contributed by atoms with Gasteiger partial charge in [-0.2, -0.15) is 0 Å². The van der Waals surface area contributed by atoms with Gasteiger partial charge >= 0.3 is 0 Å². The Morgan fingerprint density at radius 3 is 2.79 bits per heavy atom. The summed E-state index contributed by atoms with van der Waals surface area (Å²) in [7, 11) is 0. The molecule has 14 heavy (non-hydrogen) atoms. The molecule has 0 bridgehead atoms. The summed E-state index contributed by atoms with van der Waals surface area (Å²) in [6, 6.07) is 3.94. The summed E-state index contributed by atoms with van der Waals surface area (Å²) in [5.41, 5.74) is 1.26. The Bertz CT molecular complexity index is 410. The van der Waals surface area contributed by atoms with E-state index in [9.17, 15) is 4.79 Å². The van der Waals surface area contributed by atoms with Gasteiger partial charge in [0, 0.05) is 4.88 Å². The monoisotopic (exact) mass is 204 g/mol. The van der Waals surface area contributed by atoms with E-state index in [4.69, 9.17) is 0 Å². The van der Waals surface area contributed by atoms with Crippen LogP contribution in [0, 0.1) is 0 Å². The Kier molecular flexibility index (Phi) is 2.64. The molecular formula is C12H12OS. The minimum absolute atomic E-state index is 0.154. The minimum atomic E-state index is 0.154. The highest BCUT2D eigenvalue weighted by atomic mass is 32.1. The maximum Gasteiger partial charge on any atom is 0.169 e. The molecule has 0 amide bonds. The topological polar surface area (TPSA) is 17.1 Å². The third-order valence-corrected chi connectivity index (χ3v) is 3.47. The Morgan fingerprint density at radius 1 is 1.36 bits per heavy atom. The second-order valence-corrected chi connectivity index (χ2v) is 4.44. The molecule has 0 fully saturated rings. The SMILES string of the molecule is CC(=O)c1ccc(C2=CCCC=C2)s1. The summed E-state index contributed by atoms with van der Waals surface area (Å²) >= 11 is 1.58. The van der Waals surface area contributed by atoms with E-state index in [-0.39, 0.29) is 5.78 Å². The molecule has 1 heterocycles. The van der Waals surface area contributed by atoms with Gasteiger partial charge in [-0.15, -0.1) is 11.3 Å². The zero-order valence-corrected chi connectivity index (χ0v) is 8.93. The molecule has 1 aromatic rings. The van der Waals surface area contributed by atoms with Crippen molar-refractivity contribution in [3.05, 3.63) is 40.1 Å². The molecule has 0 N–H and O–H groups in total. The van der Waals surface area contributed by atoms with Crippen LogP contribution >= 0.6 is 11.3 Å². The second kappa shape index (κ2) is 3.93. The van der Waals surface area contributed by atoms with E-state index >= 15 is 0 Å². The summed E-state index contributed by atoms with van der Waals surface area (Å²) < 4.78 is 0. The zero-order chi connectivity index (χ0) is 9.97. The van der Waals surface area contributed by atoms with E-state index in [0.29, 0.717) is 0 Å². The molecule has 0 aromatic carbocycles. The number of ketones is 1. The number of allylic oxidation sites excluding steroid dienone is 4. The molecule has 2 heteroatoms. The summed E-state index contributed by atoms with van der Waals surface area (Å²) in [4.78, 5) is 13.2. The lowest BCUT2D eigenvalue weighted by Gasteiger charge is -2.03. The lowest BCUT2D eigenvalue weighted by Crippen LogP contribution is -1.84. The Labute approximate surface area is 87.8 Å². The van der Waals surface area contributed by atoms with E-state index in [1.165, 1.54) is 10.5 Å². The first-order chi connectivity index (χ1) is 6.77. The largest absolute Gasteiger partial charge is 0.294 e. The van der Waals surface area contributed by atoms with Crippen LogP contribution in [0.1, 0.15) is 34.3 Å². The molecule has 1 nitrogen and oxygen atoms in total. The van der Waals surface area contributed by atoms with E-state index < -0.39 is 0 Å². The first-order valence-corrected chi connectivity index (χ1v) is 5.57. The van der Waals surface area contributed by atoms with E-state index in [1.54, 1.807) is 18.3 Å². The Morgan fingerprint density at radius 2 is 2.21 bits per heavy atom. The van der Waals surface area contributed by atoms with Crippen molar-refractivity contribution >= 4 is 22.7 Å². The number of rotatable bonds is 2. The fourth-order valence-electron chi connectivity index (χ4n) is 1.48. The van der Waals surface area contributed by atoms with Gasteiger partial charge in [-0.1, -0.05) is 18.2 Å². The van der Waals surface area contributed by atoms with Crippen LogP contribution in [0.15, 0.2) is 30.4 Å². The maximum absolute atomic E-state index is 11.1. The molecular weight excluding hydrogens is 192 g/mol. The minimum Gasteiger partial charge on any atom is -0.294 e. The molecule has 0 aliphatic heterocycles. The van der Waals surface area contributed by atoms with Crippen LogP contribution in [0.25, 0.3) is 5.57 Å². The van der Waals surface area contributed by atoms with Crippen molar-refractivity contribution in [1.29, 1.82) is 0 Å². The highest BCUT2D eigenvalue weighted by Crippen LogP contribution is 2.28. The lowest BCUT2D eigenvalue weighted by molar-refractivity contribution is 0.102. The molecule has 1 aliphatic carbocycles. The third kappa shape index (κ3) is 1.85. The van der Waals surface area contributed by atoms with E-state index in [0.717, 1.165) is 17.7 Å². The van der Waals surface area contributed by atoms with Crippen molar-refractivity contribution < 1.29 is 4.79 Å². The van der Waals surface area contributed by atoms with Crippen LogP contribution in [-0.2, 0) is 0 Å². The van der Waals surface area contributed by atoms with Crippen LogP contribution in [0.4, 0.5) is 0 Å². The van der Waals surface area contributed by atoms with Crippen molar-refractivity contribution in [2.45, 2.75) is 19.8 Å². The van der Waals surface area contributed by atoms with Crippen molar-refractivity contribution in [3.8, 4) is 0 Å². The third-order valence-electron chi connectivity index (χ3n) is 2.23. The number of hydrogen-bond donors (Lipinski definition) is 0. The van der Waals surface area contributed by atoms with Gasteiger partial charge in [0.05, 0.1) is 4.88 Å². The standard InChI is InChI=1S/C12H12OS/c1-9(13)11-7-8-12(14-11)10-5-3-2-4-6-10/h3,5-8H,2,4H2,1H3. The van der Waals surface area contributed by atoms with Crippen molar-refractivity contribution in [2.24, 2.45) is 0 Å². The fourth-order valence-corrected chi connectivity index (χ4v) is 2.40. The highest BCUT2D eigenvalue weighted by Gasteiger charge is 2.07. The van der Waals surface area contributed by atoms with Gasteiger partial charge < -0.3 is 0 Å². The number of carbonyl (C=O) groups is 1. The summed E-state index contributed by atoms with van der Waals surface area (Å²) in [6.07, 6.45) is 8.80. The number of carbonyl (C=O) groups excluding carboxylic acids is 1. The lowest BCUT2D eigenvalue weighted by atomic mass is 10.1. The average molecular weight is 204 g/mol. The molecule has 2 rings (SSSR count). The quantitative estimate of drug-likeness (QED) is 0.671. The van der Waals surface area contributed by atoms with Crippen LogP contribution in [0.5, 0.6) is 0 Å². The second-order valence-electron chi connectivity index (χ2n) is 3.36. The van der Waals surface area contributed by atoms with Gasteiger partial charge in [0.15, 0.2) is 5.78 Å². The first-order valence-electron chi connectivity index (χ1n) is 4.75. The Hall–Kier alpha value is -1.15. The number of thiophene rings is 1. The highest BCUT2D eigenvalue weighted by molar-refractivity contribution is 7.15. The van der Waals surface area contributed by atoms with Gasteiger partial charge in [-0.3, -0.25) is 4.79 Å². The zero-order valence-electron chi connectivity index (χ0n) is 8.12. The van der Waals surface area contributed by atoms with Crippen LogP contribution in [-0.4, -0.2) is 5.78 Å². The fraction of sp³-hybridized carbons (Fsp3) is 0.250. The predicted octanol–water partition coefficient (Wildman–Crippen LogP) is 3.68. The molecule has 1 aromatic heterocycles. The number of hydrogen-bond acceptors (Lipinski definition) is 2. The van der Waals surface area contributed by atoms with E-state index in [1.807, 2.05) is 12.1 Å². The molecule has 1 aliphatic rings. The van der Waals surface area contributed by atoms with Crippen molar-refractivity contribution in [2.75, 3.05) is 0 Å². The van der Waals surface area contributed by atoms with E-state index in [2.05, 4.69) is 18.2 Å². The van der Waals surface area contributed by atoms with Gasteiger partial charge in [0.2, 0.25) is 0 Å². The smallest absolute Gasteiger partial charge is 0.169 e. The van der Waals surface area contributed by atoms with Gasteiger partial charge in [0.1, 0.15) is 0 Å². The molecule has 0 unspecified atom stereocenters. The summed E-state index contributed by atoms with van der Waals surface area (Å²) in [5.74, 6) is 0.154. The van der Waals surface area contributed by atoms with Crippen LogP contribution < -0.4 is 0 Å². The molecule has 0 radical (unpaired) electrons. The van der Waals surface area contributed by atoms with Crippen LogP contribution in [0.3, 0.4) is 0 Å². The normalized spacial score (nSPS) is 15.4. The van der Waals surface area contributed by atoms with Crippen molar-refractivity contribution in [1.82, 2.24) is 0 Å². The molecule has 0 spiro atoms. The average Bonchev–Trinajstić information content (AvgIpc) is 2.68. The molecule has 0 saturated carbocycles. The molecule has 0 saturated heterocycles. The summed E-state index contributed by atoms with van der Waals surface area (Å²) in [5, 5.41) is 0.